The predicted molar refractivity (Wildman–Crippen MR) is 155 cm³/mol. The molecule has 1 aromatic heterocycles. The van der Waals surface area contributed by atoms with Crippen molar-refractivity contribution in [3.8, 4) is 17.2 Å². The van der Waals surface area contributed by atoms with E-state index in [4.69, 9.17) is 21.1 Å². The Balaban J connectivity index is 1.51. The summed E-state index contributed by atoms with van der Waals surface area (Å²) in [5, 5.41) is 15.1. The van der Waals surface area contributed by atoms with Crippen LogP contribution >= 0.6 is 39.3 Å². The van der Waals surface area contributed by atoms with Crippen LogP contribution in [0, 0.1) is 0 Å². The monoisotopic (exact) mass is 629 g/mol. The molecule has 0 aliphatic rings. The van der Waals surface area contributed by atoms with Crippen LogP contribution in [0.25, 0.3) is 5.69 Å². The highest BCUT2D eigenvalue weighted by molar-refractivity contribution is 9.10. The van der Waals surface area contributed by atoms with Crippen molar-refractivity contribution in [3.05, 3.63) is 87.6 Å². The molecule has 202 valence electrons. The summed E-state index contributed by atoms with van der Waals surface area (Å²) in [6.45, 7) is 2.55. The molecule has 0 radical (unpaired) electrons. The number of ether oxygens (including phenoxy) is 2. The molecule has 0 atom stereocenters. The number of rotatable bonds is 11. The molecule has 39 heavy (non-hydrogen) atoms. The number of carbonyl (C=O) groups is 2. The third-order valence-corrected chi connectivity index (χ3v) is 7.14. The molecule has 2 amide bonds. The van der Waals surface area contributed by atoms with Crippen molar-refractivity contribution in [2.45, 2.75) is 18.6 Å². The maximum Gasteiger partial charge on any atom is 0.253 e. The lowest BCUT2D eigenvalue weighted by Gasteiger charge is -2.12. The van der Waals surface area contributed by atoms with E-state index in [2.05, 4.69) is 36.8 Å². The first-order valence-corrected chi connectivity index (χ1v) is 14.0. The molecule has 9 nitrogen and oxygen atoms in total. The van der Waals surface area contributed by atoms with Gasteiger partial charge >= 0.3 is 0 Å². The van der Waals surface area contributed by atoms with Crippen LogP contribution in [0.2, 0.25) is 5.02 Å². The quantitative estimate of drug-likeness (QED) is 0.203. The van der Waals surface area contributed by atoms with Gasteiger partial charge < -0.3 is 20.1 Å². The number of anilines is 1. The van der Waals surface area contributed by atoms with Gasteiger partial charge in [0.25, 0.3) is 5.91 Å². The van der Waals surface area contributed by atoms with Gasteiger partial charge in [0.15, 0.2) is 11.0 Å². The molecule has 4 aromatic rings. The molecule has 0 fully saturated rings. The third-order valence-electron chi connectivity index (χ3n) is 5.39. The Morgan fingerprint density at radius 3 is 2.44 bits per heavy atom. The molecule has 0 spiro atoms. The molecule has 4 rings (SSSR count). The van der Waals surface area contributed by atoms with Gasteiger partial charge in [-0.3, -0.25) is 14.2 Å². The average molecular weight is 631 g/mol. The van der Waals surface area contributed by atoms with Gasteiger partial charge in [0, 0.05) is 15.8 Å². The van der Waals surface area contributed by atoms with Gasteiger partial charge in [-0.25, -0.2) is 0 Å². The first-order valence-electron chi connectivity index (χ1n) is 11.9. The van der Waals surface area contributed by atoms with E-state index in [1.165, 1.54) is 11.8 Å². The molecule has 0 aliphatic carbocycles. The summed E-state index contributed by atoms with van der Waals surface area (Å²) >= 11 is 10.8. The van der Waals surface area contributed by atoms with Gasteiger partial charge in [-0.2, -0.15) is 0 Å². The topological polar surface area (TPSA) is 107 Å². The molecule has 0 saturated heterocycles. The second-order valence-corrected chi connectivity index (χ2v) is 10.3. The van der Waals surface area contributed by atoms with Gasteiger partial charge in [0.2, 0.25) is 5.91 Å². The first-order chi connectivity index (χ1) is 18.9. The Bertz CT molecular complexity index is 1450. The summed E-state index contributed by atoms with van der Waals surface area (Å²) in [6, 6.07) is 19.5. The Kier molecular flexibility index (Phi) is 9.85. The van der Waals surface area contributed by atoms with Crippen LogP contribution in [0.4, 0.5) is 5.69 Å². The molecule has 3 aromatic carbocycles. The summed E-state index contributed by atoms with van der Waals surface area (Å²) < 4.78 is 13.2. The van der Waals surface area contributed by atoms with Crippen LogP contribution in [-0.2, 0) is 11.3 Å². The van der Waals surface area contributed by atoms with Crippen LogP contribution in [0.15, 0.2) is 76.4 Å². The standard InChI is InChI=1S/C27H25BrClN5O4S/c1-3-38-21-11-7-19(8-12-21)34-24(15-30-26(36)22-14-17(28)4-13-23(22)29)32-33-27(34)39-16-25(35)31-18-5-9-20(37-2)10-6-18/h4-14H,3,15-16H2,1-2H3,(H,30,36)(H,31,35). The summed E-state index contributed by atoms with van der Waals surface area (Å²) in [5.74, 6) is 1.45. The fourth-order valence-corrected chi connectivity index (χ4v) is 4.89. The van der Waals surface area contributed by atoms with Crippen molar-refractivity contribution in [1.82, 2.24) is 20.1 Å². The second kappa shape index (κ2) is 13.5. The fraction of sp³-hybridized carbons (Fsp3) is 0.185. The van der Waals surface area contributed by atoms with Gasteiger partial charge in [0.1, 0.15) is 11.5 Å². The molecule has 0 unspecified atom stereocenters. The van der Waals surface area contributed by atoms with Gasteiger partial charge in [-0.1, -0.05) is 39.3 Å². The molecule has 0 aliphatic heterocycles. The van der Waals surface area contributed by atoms with Crippen LogP contribution in [-0.4, -0.2) is 46.0 Å². The lowest BCUT2D eigenvalue weighted by atomic mass is 10.2. The minimum absolute atomic E-state index is 0.0838. The zero-order chi connectivity index (χ0) is 27.8. The smallest absolute Gasteiger partial charge is 0.253 e. The van der Waals surface area contributed by atoms with Crippen molar-refractivity contribution in [2.24, 2.45) is 0 Å². The van der Waals surface area contributed by atoms with E-state index in [0.717, 1.165) is 15.9 Å². The molecule has 2 N–H and O–H groups in total. The van der Waals surface area contributed by atoms with Crippen LogP contribution in [0.3, 0.4) is 0 Å². The number of methoxy groups -OCH3 is 1. The zero-order valence-electron chi connectivity index (χ0n) is 21.1. The molecule has 1 heterocycles. The molecular formula is C27H25BrClN5O4S. The lowest BCUT2D eigenvalue weighted by Crippen LogP contribution is -2.25. The highest BCUT2D eigenvalue weighted by Crippen LogP contribution is 2.25. The molecule has 12 heteroatoms. The Hall–Kier alpha value is -3.54. The Labute approximate surface area is 243 Å². The number of hydrogen-bond donors (Lipinski definition) is 2. The normalized spacial score (nSPS) is 10.7. The highest BCUT2D eigenvalue weighted by atomic mass is 79.9. The minimum Gasteiger partial charge on any atom is -0.497 e. The number of benzene rings is 3. The number of carbonyl (C=O) groups excluding carboxylic acids is 2. The first kappa shape index (κ1) is 28.5. The van der Waals surface area contributed by atoms with Crippen molar-refractivity contribution >= 4 is 56.8 Å². The maximum atomic E-state index is 12.8. The second-order valence-electron chi connectivity index (χ2n) is 8.03. The summed E-state index contributed by atoms with van der Waals surface area (Å²) in [7, 11) is 1.58. The average Bonchev–Trinajstić information content (AvgIpc) is 3.35. The summed E-state index contributed by atoms with van der Waals surface area (Å²) in [5.41, 5.74) is 1.75. The minimum atomic E-state index is -0.351. The fourth-order valence-electron chi connectivity index (χ4n) is 3.55. The Morgan fingerprint density at radius 1 is 1.03 bits per heavy atom. The number of nitrogens with zero attached hydrogens (tertiary/aromatic N) is 3. The van der Waals surface area contributed by atoms with E-state index in [9.17, 15) is 9.59 Å². The lowest BCUT2D eigenvalue weighted by molar-refractivity contribution is -0.113. The van der Waals surface area contributed by atoms with Gasteiger partial charge in [0.05, 0.1) is 36.6 Å². The number of amides is 2. The van der Waals surface area contributed by atoms with Crippen molar-refractivity contribution < 1.29 is 19.1 Å². The van der Waals surface area contributed by atoms with E-state index >= 15 is 0 Å². The number of halogens is 2. The van der Waals surface area contributed by atoms with E-state index in [0.29, 0.717) is 39.6 Å². The van der Waals surface area contributed by atoms with Crippen molar-refractivity contribution in [1.29, 1.82) is 0 Å². The summed E-state index contributed by atoms with van der Waals surface area (Å²) in [6.07, 6.45) is 0. The number of thioether (sulfide) groups is 1. The predicted octanol–water partition coefficient (Wildman–Crippen LogP) is 5.75. The molecular weight excluding hydrogens is 606 g/mol. The van der Waals surface area contributed by atoms with E-state index in [-0.39, 0.29) is 24.1 Å². The van der Waals surface area contributed by atoms with E-state index in [1.54, 1.807) is 54.1 Å². The highest BCUT2D eigenvalue weighted by Gasteiger charge is 2.18. The zero-order valence-corrected chi connectivity index (χ0v) is 24.3. The van der Waals surface area contributed by atoms with Crippen molar-refractivity contribution in [3.63, 3.8) is 0 Å². The van der Waals surface area contributed by atoms with E-state index < -0.39 is 0 Å². The van der Waals surface area contributed by atoms with Crippen LogP contribution < -0.4 is 20.1 Å². The van der Waals surface area contributed by atoms with Crippen LogP contribution in [0.1, 0.15) is 23.1 Å². The molecule has 0 bridgehead atoms. The van der Waals surface area contributed by atoms with Gasteiger partial charge in [-0.05, 0) is 73.7 Å². The summed E-state index contributed by atoms with van der Waals surface area (Å²) in [4.78, 5) is 25.5. The molecule has 0 saturated carbocycles. The van der Waals surface area contributed by atoms with Gasteiger partial charge in [-0.15, -0.1) is 10.2 Å². The Morgan fingerprint density at radius 2 is 1.74 bits per heavy atom. The maximum absolute atomic E-state index is 12.8. The third kappa shape index (κ3) is 7.53. The van der Waals surface area contributed by atoms with Crippen LogP contribution in [0.5, 0.6) is 11.5 Å². The SMILES string of the molecule is CCOc1ccc(-n2c(CNC(=O)c3cc(Br)ccc3Cl)nnc2SCC(=O)Nc2ccc(OC)cc2)cc1. The largest absolute Gasteiger partial charge is 0.497 e. The number of nitrogens with one attached hydrogen (secondary N) is 2. The van der Waals surface area contributed by atoms with Crippen molar-refractivity contribution in [2.75, 3.05) is 24.8 Å². The number of aromatic nitrogens is 3. The van der Waals surface area contributed by atoms with E-state index in [1.807, 2.05) is 31.2 Å². The number of hydrogen-bond acceptors (Lipinski definition) is 7.